The van der Waals surface area contributed by atoms with Gasteiger partial charge in [-0.15, -0.1) is 0 Å². The SMILES string of the molecule is Nc1ncnc2c1c(-c1ccc(Oc3ccccc3)cc1)nn2C[C@H]1CCCN1C(=O)C(F)=CC1CC1. The van der Waals surface area contributed by atoms with Gasteiger partial charge in [-0.05, 0) is 74.1 Å². The summed E-state index contributed by atoms with van der Waals surface area (Å²) in [6, 6.07) is 17.0. The van der Waals surface area contributed by atoms with Crippen molar-refractivity contribution in [2.24, 2.45) is 5.92 Å². The Balaban J connectivity index is 1.28. The summed E-state index contributed by atoms with van der Waals surface area (Å²) >= 11 is 0. The van der Waals surface area contributed by atoms with Crippen molar-refractivity contribution >= 4 is 22.8 Å². The highest BCUT2D eigenvalue weighted by molar-refractivity contribution is 5.98. The van der Waals surface area contributed by atoms with Gasteiger partial charge in [-0.3, -0.25) is 4.79 Å². The molecule has 1 saturated carbocycles. The number of amides is 1. The van der Waals surface area contributed by atoms with Crippen LogP contribution in [0.15, 0.2) is 72.8 Å². The molecule has 2 N–H and O–H groups in total. The van der Waals surface area contributed by atoms with E-state index in [-0.39, 0.29) is 12.0 Å². The average molecular weight is 499 g/mol. The second-order valence-electron chi connectivity index (χ2n) is 9.57. The monoisotopic (exact) mass is 498 g/mol. The fourth-order valence-corrected chi connectivity index (χ4v) is 4.84. The Morgan fingerprint density at radius 2 is 1.81 bits per heavy atom. The van der Waals surface area contributed by atoms with Gasteiger partial charge < -0.3 is 15.4 Å². The van der Waals surface area contributed by atoms with Crippen molar-refractivity contribution in [2.45, 2.75) is 38.3 Å². The number of hydrogen-bond acceptors (Lipinski definition) is 6. The Morgan fingerprint density at radius 3 is 2.57 bits per heavy atom. The highest BCUT2D eigenvalue weighted by Gasteiger charge is 2.33. The average Bonchev–Trinajstić information content (AvgIpc) is 3.47. The number of likely N-dealkylation sites (tertiary alicyclic amines) is 1. The predicted molar refractivity (Wildman–Crippen MR) is 138 cm³/mol. The summed E-state index contributed by atoms with van der Waals surface area (Å²) in [5.74, 6) is 0.797. The van der Waals surface area contributed by atoms with Gasteiger partial charge in [0.2, 0.25) is 0 Å². The Hall–Kier alpha value is -4.27. The molecular weight excluding hydrogens is 471 g/mol. The van der Waals surface area contributed by atoms with Crippen LogP contribution >= 0.6 is 0 Å². The first-order valence-electron chi connectivity index (χ1n) is 12.6. The van der Waals surface area contributed by atoms with E-state index in [4.69, 9.17) is 15.6 Å². The highest BCUT2D eigenvalue weighted by atomic mass is 19.1. The molecule has 9 heteroatoms. The number of hydrogen-bond donors (Lipinski definition) is 1. The van der Waals surface area contributed by atoms with E-state index in [2.05, 4.69) is 9.97 Å². The maximum Gasteiger partial charge on any atom is 0.282 e. The lowest BCUT2D eigenvalue weighted by Crippen LogP contribution is -2.38. The summed E-state index contributed by atoms with van der Waals surface area (Å²) in [7, 11) is 0. The summed E-state index contributed by atoms with van der Waals surface area (Å²) in [4.78, 5) is 23.1. The van der Waals surface area contributed by atoms with Crippen LogP contribution in [0.25, 0.3) is 22.3 Å². The van der Waals surface area contributed by atoms with E-state index >= 15 is 0 Å². The first kappa shape index (κ1) is 23.1. The minimum absolute atomic E-state index is 0.181. The van der Waals surface area contributed by atoms with Gasteiger partial charge in [0.1, 0.15) is 29.3 Å². The van der Waals surface area contributed by atoms with Crippen LogP contribution < -0.4 is 10.5 Å². The molecule has 188 valence electrons. The van der Waals surface area contributed by atoms with E-state index in [1.54, 1.807) is 9.58 Å². The molecule has 2 aromatic heterocycles. The van der Waals surface area contributed by atoms with Crippen LogP contribution in [-0.4, -0.2) is 43.1 Å². The zero-order valence-electron chi connectivity index (χ0n) is 20.3. The van der Waals surface area contributed by atoms with Gasteiger partial charge in [0.15, 0.2) is 11.5 Å². The van der Waals surface area contributed by atoms with Crippen molar-refractivity contribution in [1.82, 2.24) is 24.6 Å². The van der Waals surface area contributed by atoms with Crippen molar-refractivity contribution in [3.63, 3.8) is 0 Å². The maximum atomic E-state index is 14.6. The fraction of sp³-hybridized carbons (Fsp3) is 0.286. The molecule has 0 spiro atoms. The van der Waals surface area contributed by atoms with Crippen LogP contribution in [0.5, 0.6) is 11.5 Å². The van der Waals surface area contributed by atoms with Gasteiger partial charge in [-0.1, -0.05) is 18.2 Å². The van der Waals surface area contributed by atoms with E-state index in [9.17, 15) is 9.18 Å². The molecule has 2 aromatic carbocycles. The lowest BCUT2D eigenvalue weighted by atomic mass is 10.1. The number of ether oxygens (including phenoxy) is 1. The normalized spacial score (nSPS) is 17.9. The van der Waals surface area contributed by atoms with Gasteiger partial charge in [0.25, 0.3) is 5.91 Å². The first-order chi connectivity index (χ1) is 18.1. The molecule has 0 unspecified atom stereocenters. The highest BCUT2D eigenvalue weighted by Crippen LogP contribution is 2.34. The molecule has 1 atom stereocenters. The third kappa shape index (κ3) is 4.76. The second-order valence-corrected chi connectivity index (χ2v) is 9.57. The minimum atomic E-state index is -0.648. The van der Waals surface area contributed by atoms with Gasteiger partial charge >= 0.3 is 0 Å². The summed E-state index contributed by atoms with van der Waals surface area (Å²) in [6.45, 7) is 0.923. The van der Waals surface area contributed by atoms with Crippen LogP contribution in [0.2, 0.25) is 0 Å². The quantitative estimate of drug-likeness (QED) is 0.355. The summed E-state index contributed by atoms with van der Waals surface area (Å²) in [6.07, 6.45) is 6.37. The molecule has 6 rings (SSSR count). The number of benzene rings is 2. The summed E-state index contributed by atoms with van der Waals surface area (Å²) in [5.41, 5.74) is 8.33. The molecule has 8 nitrogen and oxygen atoms in total. The molecule has 2 fully saturated rings. The lowest BCUT2D eigenvalue weighted by molar-refractivity contribution is -0.129. The molecule has 0 radical (unpaired) electrons. The molecule has 0 bridgehead atoms. The Morgan fingerprint density at radius 1 is 1.05 bits per heavy atom. The summed E-state index contributed by atoms with van der Waals surface area (Å²) < 4.78 is 22.2. The molecule has 1 aliphatic carbocycles. The summed E-state index contributed by atoms with van der Waals surface area (Å²) in [5, 5.41) is 5.49. The number of nitrogens with two attached hydrogens (primary N) is 1. The number of rotatable bonds is 7. The van der Waals surface area contributed by atoms with Crippen molar-refractivity contribution in [3.8, 4) is 22.8 Å². The number of allylic oxidation sites excluding steroid dienone is 1. The predicted octanol–water partition coefficient (Wildman–Crippen LogP) is 5.12. The first-order valence-corrected chi connectivity index (χ1v) is 12.6. The number of para-hydroxylation sites is 1. The van der Waals surface area contributed by atoms with Gasteiger partial charge in [-0.2, -0.15) is 5.10 Å². The van der Waals surface area contributed by atoms with Crippen molar-refractivity contribution < 1.29 is 13.9 Å². The van der Waals surface area contributed by atoms with E-state index in [0.29, 0.717) is 41.4 Å². The smallest absolute Gasteiger partial charge is 0.282 e. The largest absolute Gasteiger partial charge is 0.457 e. The fourth-order valence-electron chi connectivity index (χ4n) is 4.84. The van der Waals surface area contributed by atoms with Gasteiger partial charge in [0.05, 0.1) is 18.0 Å². The number of anilines is 1. The molecular formula is C28H27FN6O2. The zero-order valence-corrected chi connectivity index (χ0v) is 20.3. The topological polar surface area (TPSA) is 99.2 Å². The van der Waals surface area contributed by atoms with E-state index in [1.165, 1.54) is 12.4 Å². The second kappa shape index (κ2) is 9.65. The lowest BCUT2D eigenvalue weighted by Gasteiger charge is -2.24. The molecule has 3 heterocycles. The van der Waals surface area contributed by atoms with Crippen molar-refractivity contribution in [2.75, 3.05) is 12.3 Å². The van der Waals surface area contributed by atoms with E-state index in [0.717, 1.165) is 37.0 Å². The third-order valence-electron chi connectivity index (χ3n) is 6.90. The maximum absolute atomic E-state index is 14.6. The molecule has 1 aliphatic heterocycles. The number of nitrogen functional groups attached to an aromatic ring is 1. The number of carbonyl (C=O) groups is 1. The van der Waals surface area contributed by atoms with Crippen LogP contribution in [0.4, 0.5) is 10.2 Å². The molecule has 37 heavy (non-hydrogen) atoms. The molecule has 2 aliphatic rings. The van der Waals surface area contributed by atoms with E-state index in [1.807, 2.05) is 54.6 Å². The Bertz CT molecular complexity index is 1460. The molecule has 1 saturated heterocycles. The number of nitrogens with zero attached hydrogens (tertiary/aromatic N) is 5. The Kier molecular flexibility index (Phi) is 6.04. The minimum Gasteiger partial charge on any atom is -0.457 e. The zero-order chi connectivity index (χ0) is 25.4. The number of fused-ring (bicyclic) bond motifs is 1. The number of aromatic nitrogens is 4. The van der Waals surface area contributed by atoms with Crippen LogP contribution in [0.1, 0.15) is 25.7 Å². The van der Waals surface area contributed by atoms with Gasteiger partial charge in [0, 0.05) is 12.1 Å². The molecule has 4 aromatic rings. The van der Waals surface area contributed by atoms with Crippen molar-refractivity contribution in [1.29, 1.82) is 0 Å². The Labute approximate surface area is 213 Å². The molecule has 1 amide bonds. The number of carbonyl (C=O) groups excluding carboxylic acids is 1. The van der Waals surface area contributed by atoms with E-state index < -0.39 is 11.7 Å². The van der Waals surface area contributed by atoms with Gasteiger partial charge in [-0.25, -0.2) is 19.0 Å². The van der Waals surface area contributed by atoms with Crippen LogP contribution in [0.3, 0.4) is 0 Å². The van der Waals surface area contributed by atoms with Crippen LogP contribution in [0, 0.1) is 5.92 Å². The third-order valence-corrected chi connectivity index (χ3v) is 6.90. The standard InChI is InChI=1S/C28H27FN6O2/c29-23(15-18-8-9-18)28(36)34-14-4-5-20(34)16-35-27-24(26(30)31-17-32-27)25(33-35)19-10-12-22(13-11-19)37-21-6-2-1-3-7-21/h1-3,6-7,10-13,15,17-18,20H,4-5,8-9,14,16H2,(H2,30,31,32)/t20-/m1/s1. The van der Waals surface area contributed by atoms with Crippen molar-refractivity contribution in [3.05, 3.63) is 72.8 Å². The number of halogens is 1. The van der Waals surface area contributed by atoms with Crippen LogP contribution in [-0.2, 0) is 11.3 Å².